The Morgan fingerprint density at radius 2 is 2.00 bits per heavy atom. The fourth-order valence-electron chi connectivity index (χ4n) is 2.56. The van der Waals surface area contributed by atoms with Gasteiger partial charge in [-0.25, -0.2) is 0 Å². The third-order valence-corrected chi connectivity index (χ3v) is 3.66. The molecule has 116 valence electrons. The molecule has 0 saturated carbocycles. The molecule has 1 heterocycles. The lowest BCUT2D eigenvalue weighted by molar-refractivity contribution is -0.146. The van der Waals surface area contributed by atoms with Crippen LogP contribution in [0, 0.1) is 0 Å². The fourth-order valence-corrected chi connectivity index (χ4v) is 2.56. The minimum Gasteiger partial charge on any atom is -0.469 e. The van der Waals surface area contributed by atoms with E-state index in [-0.39, 0.29) is 6.42 Å². The molecule has 0 amide bonds. The Balaban J connectivity index is 2.14. The maximum Gasteiger partial charge on any atom is 0.308 e. The van der Waals surface area contributed by atoms with Crippen molar-refractivity contribution in [2.24, 2.45) is 0 Å². The van der Waals surface area contributed by atoms with E-state index in [1.807, 2.05) is 30.3 Å². The summed E-state index contributed by atoms with van der Waals surface area (Å²) >= 11 is 0. The summed E-state index contributed by atoms with van der Waals surface area (Å²) in [4.78, 5) is 11.2. The summed E-state index contributed by atoms with van der Waals surface area (Å²) in [7, 11) is 2.72. The SMILES string of the molecule is COC(=O)C[C@@H](O)[C@@H]1O[C@H](c2ccccc2)[C@H](OC)[C@@H]1O. The zero-order valence-electron chi connectivity index (χ0n) is 12.0. The fraction of sp³-hybridized carbons (Fsp3) is 0.533. The van der Waals surface area contributed by atoms with Gasteiger partial charge < -0.3 is 24.4 Å². The summed E-state index contributed by atoms with van der Waals surface area (Å²) in [5.74, 6) is -0.560. The number of aliphatic hydroxyl groups excluding tert-OH is 2. The molecule has 1 aromatic carbocycles. The zero-order chi connectivity index (χ0) is 15.4. The lowest BCUT2D eigenvalue weighted by atomic mass is 9.98. The molecular formula is C15H20O6. The second-order valence-corrected chi connectivity index (χ2v) is 4.97. The van der Waals surface area contributed by atoms with Gasteiger partial charge in [-0.05, 0) is 5.56 Å². The predicted molar refractivity (Wildman–Crippen MR) is 73.5 cm³/mol. The number of esters is 1. The number of rotatable bonds is 5. The normalized spacial score (nSPS) is 30.1. The van der Waals surface area contributed by atoms with Crippen LogP contribution in [0.4, 0.5) is 0 Å². The first-order chi connectivity index (χ1) is 10.1. The van der Waals surface area contributed by atoms with Gasteiger partial charge in [0.25, 0.3) is 0 Å². The number of methoxy groups -OCH3 is 2. The number of hydrogen-bond acceptors (Lipinski definition) is 6. The highest BCUT2D eigenvalue weighted by Crippen LogP contribution is 2.37. The van der Waals surface area contributed by atoms with E-state index < -0.39 is 36.5 Å². The lowest BCUT2D eigenvalue weighted by Gasteiger charge is -2.20. The third kappa shape index (κ3) is 3.41. The number of carbonyl (C=O) groups is 1. The van der Waals surface area contributed by atoms with Gasteiger partial charge in [0.05, 0.1) is 19.6 Å². The number of hydrogen-bond donors (Lipinski definition) is 2. The van der Waals surface area contributed by atoms with Crippen molar-refractivity contribution >= 4 is 5.97 Å². The topological polar surface area (TPSA) is 85.2 Å². The Hall–Kier alpha value is -1.47. The smallest absolute Gasteiger partial charge is 0.308 e. The van der Waals surface area contributed by atoms with E-state index in [9.17, 15) is 15.0 Å². The predicted octanol–water partition coefficient (Wildman–Crippen LogP) is 0.426. The molecule has 1 aromatic rings. The molecule has 0 unspecified atom stereocenters. The first-order valence-electron chi connectivity index (χ1n) is 6.74. The quantitative estimate of drug-likeness (QED) is 0.766. The van der Waals surface area contributed by atoms with Crippen LogP contribution >= 0.6 is 0 Å². The lowest BCUT2D eigenvalue weighted by Crippen LogP contribution is -2.40. The number of aliphatic hydroxyl groups is 2. The molecule has 2 rings (SSSR count). The van der Waals surface area contributed by atoms with Gasteiger partial charge in [0.2, 0.25) is 0 Å². The van der Waals surface area contributed by atoms with Crippen molar-refractivity contribution < 1.29 is 29.2 Å². The average molecular weight is 296 g/mol. The van der Waals surface area contributed by atoms with E-state index in [4.69, 9.17) is 9.47 Å². The Morgan fingerprint density at radius 3 is 2.57 bits per heavy atom. The van der Waals surface area contributed by atoms with Gasteiger partial charge in [0.1, 0.15) is 24.4 Å². The molecule has 5 atom stereocenters. The van der Waals surface area contributed by atoms with Crippen molar-refractivity contribution in [2.45, 2.75) is 36.9 Å². The third-order valence-electron chi connectivity index (χ3n) is 3.66. The van der Waals surface area contributed by atoms with Crippen LogP contribution in [-0.4, -0.2) is 54.8 Å². The first-order valence-corrected chi connectivity index (χ1v) is 6.74. The Labute approximate surface area is 123 Å². The summed E-state index contributed by atoms with van der Waals surface area (Å²) in [5, 5.41) is 20.3. The molecule has 1 aliphatic rings. The van der Waals surface area contributed by atoms with Crippen LogP contribution in [-0.2, 0) is 19.0 Å². The van der Waals surface area contributed by atoms with E-state index in [1.165, 1.54) is 14.2 Å². The van der Waals surface area contributed by atoms with Gasteiger partial charge in [0.15, 0.2) is 0 Å². The molecule has 1 fully saturated rings. The van der Waals surface area contributed by atoms with E-state index in [0.29, 0.717) is 0 Å². The van der Waals surface area contributed by atoms with E-state index >= 15 is 0 Å². The minimum atomic E-state index is -1.15. The average Bonchev–Trinajstić information content (AvgIpc) is 2.84. The van der Waals surface area contributed by atoms with E-state index in [1.54, 1.807) is 0 Å². The maximum atomic E-state index is 11.2. The van der Waals surface area contributed by atoms with Crippen LogP contribution < -0.4 is 0 Å². The highest BCUT2D eigenvalue weighted by molar-refractivity contribution is 5.69. The summed E-state index contributed by atoms with van der Waals surface area (Å²) in [6.07, 6.45) is -4.43. The van der Waals surface area contributed by atoms with Gasteiger partial charge >= 0.3 is 5.97 Å². The van der Waals surface area contributed by atoms with Crippen LogP contribution in [0.1, 0.15) is 18.1 Å². The van der Waals surface area contributed by atoms with E-state index in [2.05, 4.69) is 4.74 Å². The van der Waals surface area contributed by atoms with Crippen molar-refractivity contribution in [2.75, 3.05) is 14.2 Å². The van der Waals surface area contributed by atoms with Crippen molar-refractivity contribution in [1.82, 2.24) is 0 Å². The van der Waals surface area contributed by atoms with E-state index in [0.717, 1.165) is 5.56 Å². The molecule has 2 N–H and O–H groups in total. The van der Waals surface area contributed by atoms with Gasteiger partial charge in [-0.1, -0.05) is 30.3 Å². The number of carbonyl (C=O) groups excluding carboxylic acids is 1. The van der Waals surface area contributed by atoms with Gasteiger partial charge in [-0.15, -0.1) is 0 Å². The molecular weight excluding hydrogens is 276 g/mol. The van der Waals surface area contributed by atoms with Crippen molar-refractivity contribution in [1.29, 1.82) is 0 Å². The molecule has 0 aromatic heterocycles. The first kappa shape index (κ1) is 15.9. The Bertz CT molecular complexity index is 462. The van der Waals surface area contributed by atoms with Crippen LogP contribution in [0.15, 0.2) is 30.3 Å². The molecule has 6 nitrogen and oxygen atoms in total. The maximum absolute atomic E-state index is 11.2. The molecule has 0 radical (unpaired) electrons. The van der Waals surface area contributed by atoms with Gasteiger partial charge in [-0.3, -0.25) is 4.79 Å². The molecule has 0 aliphatic carbocycles. The van der Waals surface area contributed by atoms with Crippen molar-refractivity contribution in [3.63, 3.8) is 0 Å². The molecule has 1 aliphatic heterocycles. The van der Waals surface area contributed by atoms with Gasteiger partial charge in [0, 0.05) is 7.11 Å². The van der Waals surface area contributed by atoms with Gasteiger partial charge in [-0.2, -0.15) is 0 Å². The summed E-state index contributed by atoms with van der Waals surface area (Å²) in [5.41, 5.74) is 0.844. The second-order valence-electron chi connectivity index (χ2n) is 4.97. The largest absolute Gasteiger partial charge is 0.469 e. The highest BCUT2D eigenvalue weighted by atomic mass is 16.6. The molecule has 1 saturated heterocycles. The van der Waals surface area contributed by atoms with Crippen LogP contribution in [0.3, 0.4) is 0 Å². The van der Waals surface area contributed by atoms with Crippen LogP contribution in [0.5, 0.6) is 0 Å². The summed E-state index contributed by atoms with van der Waals surface area (Å²) in [6.45, 7) is 0. The summed E-state index contributed by atoms with van der Waals surface area (Å²) in [6, 6.07) is 9.31. The minimum absolute atomic E-state index is 0.240. The standard InChI is InChI=1S/C15H20O6/c1-19-11(17)8-10(16)14-12(18)15(20-2)13(21-14)9-6-4-3-5-7-9/h3-7,10,12-16,18H,8H2,1-2H3/t10-,12-,13-,14+,15-/m1/s1. The molecule has 0 spiro atoms. The summed E-state index contributed by atoms with van der Waals surface area (Å²) < 4.78 is 15.6. The molecule has 21 heavy (non-hydrogen) atoms. The molecule has 6 heteroatoms. The highest BCUT2D eigenvalue weighted by Gasteiger charge is 2.47. The van der Waals surface area contributed by atoms with Crippen molar-refractivity contribution in [3.05, 3.63) is 35.9 Å². The van der Waals surface area contributed by atoms with Crippen LogP contribution in [0.25, 0.3) is 0 Å². The Kier molecular flexibility index (Phi) is 5.30. The van der Waals surface area contributed by atoms with Crippen molar-refractivity contribution in [3.8, 4) is 0 Å². The number of ether oxygens (including phenoxy) is 3. The monoisotopic (exact) mass is 296 g/mol. The Morgan fingerprint density at radius 1 is 1.33 bits per heavy atom. The number of benzene rings is 1. The second kappa shape index (κ2) is 7.00. The molecule has 0 bridgehead atoms. The van der Waals surface area contributed by atoms with Crippen LogP contribution in [0.2, 0.25) is 0 Å². The zero-order valence-corrected chi connectivity index (χ0v) is 12.0.